The Labute approximate surface area is 200 Å². The molecule has 0 fully saturated rings. The summed E-state index contributed by atoms with van der Waals surface area (Å²) in [5.41, 5.74) is 1.95. The van der Waals surface area contributed by atoms with Crippen LogP contribution in [0.1, 0.15) is 11.1 Å². The van der Waals surface area contributed by atoms with Crippen LogP contribution < -0.4 is 20.6 Å². The molecule has 2 aliphatic rings. The molecule has 0 spiro atoms. The van der Waals surface area contributed by atoms with E-state index in [1.54, 1.807) is 30.3 Å². The number of carbonyl (C=O) groups excluding carboxylic acids is 1. The lowest BCUT2D eigenvalue weighted by Crippen LogP contribution is -2.52. The van der Waals surface area contributed by atoms with E-state index in [4.69, 9.17) is 9.73 Å². The molecular weight excluding hydrogens is 451 g/mol. The van der Waals surface area contributed by atoms with E-state index >= 15 is 0 Å². The van der Waals surface area contributed by atoms with Crippen LogP contribution in [-0.4, -0.2) is 29.4 Å². The van der Waals surface area contributed by atoms with Crippen LogP contribution in [0.4, 0.5) is 4.39 Å². The summed E-state index contributed by atoms with van der Waals surface area (Å²) in [5, 5.41) is 11.0. The first-order chi connectivity index (χ1) is 16.6. The summed E-state index contributed by atoms with van der Waals surface area (Å²) in [6.07, 6.45) is 3.33. The van der Waals surface area contributed by atoms with E-state index in [2.05, 4.69) is 10.4 Å². The minimum absolute atomic E-state index is 0.267. The number of ether oxygens (including phenoxy) is 1. The predicted molar refractivity (Wildman–Crippen MR) is 132 cm³/mol. The molecule has 3 aromatic carbocycles. The SMILES string of the molecule is COc1ccc(/C=C/[C@H]2N=c3ccccc3=C3C(=O)NC(SCc4ccccc4F)=NN32)cc1. The Balaban J connectivity index is 1.48. The van der Waals surface area contributed by atoms with Crippen molar-refractivity contribution >= 4 is 34.6 Å². The fourth-order valence-electron chi connectivity index (χ4n) is 3.72. The number of fused-ring (bicyclic) bond motifs is 2. The van der Waals surface area contributed by atoms with Gasteiger partial charge in [-0.15, -0.1) is 5.10 Å². The number of amidine groups is 1. The second-order valence-corrected chi connectivity index (χ2v) is 8.59. The van der Waals surface area contributed by atoms with E-state index in [0.717, 1.165) is 21.9 Å². The largest absolute Gasteiger partial charge is 0.497 e. The summed E-state index contributed by atoms with van der Waals surface area (Å²) in [5.74, 6) is 0.566. The molecule has 0 aliphatic carbocycles. The molecule has 0 saturated heterocycles. The standard InChI is InChI=1S/C26H21FN4O2S/c1-33-19-13-10-17(11-14-19)12-15-23-28-22-9-5-3-7-20(22)24-25(32)29-26(30-31(23)24)34-16-18-6-2-4-8-21(18)27/h2-15,23H,16H2,1H3,(H,29,30,32)/b15-12+/t23-/m0/s1. The normalized spacial score (nSPS) is 16.9. The van der Waals surface area contributed by atoms with E-state index in [1.807, 2.05) is 60.7 Å². The second-order valence-electron chi connectivity index (χ2n) is 7.62. The van der Waals surface area contributed by atoms with Gasteiger partial charge in [-0.25, -0.2) is 9.40 Å². The number of carbonyl (C=O) groups is 1. The fraction of sp³-hybridized carbons (Fsp3) is 0.115. The van der Waals surface area contributed by atoms with Gasteiger partial charge in [-0.05, 0) is 41.5 Å². The van der Waals surface area contributed by atoms with Crippen LogP contribution in [0.15, 0.2) is 89.0 Å². The molecule has 3 aromatic rings. The molecule has 0 unspecified atom stereocenters. The van der Waals surface area contributed by atoms with Crippen molar-refractivity contribution in [3.8, 4) is 5.75 Å². The van der Waals surface area contributed by atoms with Gasteiger partial charge in [-0.2, -0.15) is 0 Å². The van der Waals surface area contributed by atoms with Crippen molar-refractivity contribution in [1.82, 2.24) is 10.3 Å². The van der Waals surface area contributed by atoms with E-state index in [-0.39, 0.29) is 11.7 Å². The summed E-state index contributed by atoms with van der Waals surface area (Å²) in [7, 11) is 1.63. The fourth-order valence-corrected chi connectivity index (χ4v) is 4.55. The van der Waals surface area contributed by atoms with Gasteiger partial charge in [0.2, 0.25) is 0 Å². The number of halogens is 1. The van der Waals surface area contributed by atoms with Crippen LogP contribution in [0.2, 0.25) is 0 Å². The lowest BCUT2D eigenvalue weighted by atomic mass is 10.1. The van der Waals surface area contributed by atoms with Crippen LogP contribution in [0.5, 0.6) is 5.75 Å². The average Bonchev–Trinajstić information content (AvgIpc) is 2.87. The minimum atomic E-state index is -0.512. The molecule has 1 amide bonds. The van der Waals surface area contributed by atoms with Gasteiger partial charge >= 0.3 is 0 Å². The summed E-state index contributed by atoms with van der Waals surface area (Å²) >= 11 is 1.27. The van der Waals surface area contributed by atoms with Gasteiger partial charge in [0, 0.05) is 11.0 Å². The molecule has 2 aliphatic heterocycles. The van der Waals surface area contributed by atoms with Gasteiger partial charge < -0.3 is 4.74 Å². The Hall–Kier alpha value is -3.91. The zero-order valence-electron chi connectivity index (χ0n) is 18.3. The number of para-hydroxylation sites is 1. The zero-order chi connectivity index (χ0) is 23.5. The van der Waals surface area contributed by atoms with Crippen LogP contribution in [0.3, 0.4) is 0 Å². The molecule has 1 atom stereocenters. The Morgan fingerprint density at radius 1 is 1.09 bits per heavy atom. The first-order valence-corrected chi connectivity index (χ1v) is 11.7. The van der Waals surface area contributed by atoms with Crippen LogP contribution in [0.25, 0.3) is 11.8 Å². The molecule has 170 valence electrons. The first kappa shape index (κ1) is 21.9. The highest BCUT2D eigenvalue weighted by atomic mass is 32.2. The van der Waals surface area contributed by atoms with Crippen LogP contribution >= 0.6 is 11.8 Å². The second kappa shape index (κ2) is 9.52. The number of benzene rings is 3. The third-order valence-corrected chi connectivity index (χ3v) is 6.36. The highest BCUT2D eigenvalue weighted by Crippen LogP contribution is 2.24. The summed E-state index contributed by atoms with van der Waals surface area (Å²) in [4.78, 5) is 17.9. The molecule has 0 radical (unpaired) electrons. The minimum Gasteiger partial charge on any atom is -0.497 e. The van der Waals surface area contributed by atoms with Gasteiger partial charge in [0.15, 0.2) is 11.3 Å². The molecule has 6 nitrogen and oxygen atoms in total. The van der Waals surface area contributed by atoms with Crippen molar-refractivity contribution in [2.45, 2.75) is 11.9 Å². The van der Waals surface area contributed by atoms with Crippen molar-refractivity contribution in [3.05, 3.63) is 106 Å². The number of amides is 1. The molecule has 0 saturated carbocycles. The Kier molecular flexibility index (Phi) is 6.14. The number of hydrogen-bond donors (Lipinski definition) is 1. The third-order valence-electron chi connectivity index (χ3n) is 5.44. The topological polar surface area (TPSA) is 66.3 Å². The lowest BCUT2D eigenvalue weighted by molar-refractivity contribution is -0.116. The monoisotopic (exact) mass is 472 g/mol. The van der Waals surface area contributed by atoms with Crippen molar-refractivity contribution in [3.63, 3.8) is 0 Å². The summed E-state index contributed by atoms with van der Waals surface area (Å²) in [6.45, 7) is 0. The van der Waals surface area contributed by atoms with Crippen LogP contribution in [0, 0.1) is 5.82 Å². The maximum atomic E-state index is 14.0. The molecule has 34 heavy (non-hydrogen) atoms. The maximum Gasteiger partial charge on any atom is 0.276 e. The van der Waals surface area contributed by atoms with Gasteiger partial charge in [-0.1, -0.05) is 66.4 Å². The molecule has 0 bridgehead atoms. The van der Waals surface area contributed by atoms with Gasteiger partial charge in [0.1, 0.15) is 17.3 Å². The number of thioether (sulfide) groups is 1. The van der Waals surface area contributed by atoms with E-state index in [1.165, 1.54) is 17.8 Å². The lowest BCUT2D eigenvalue weighted by Gasteiger charge is -2.32. The maximum absolute atomic E-state index is 14.0. The van der Waals surface area contributed by atoms with E-state index < -0.39 is 6.17 Å². The smallest absolute Gasteiger partial charge is 0.276 e. The van der Waals surface area contributed by atoms with E-state index in [0.29, 0.717) is 22.2 Å². The molecule has 2 heterocycles. The highest BCUT2D eigenvalue weighted by molar-refractivity contribution is 8.13. The number of nitrogens with zero attached hydrogens (tertiary/aromatic N) is 3. The molecule has 5 rings (SSSR count). The number of hydrogen-bond acceptors (Lipinski definition) is 6. The van der Waals surface area contributed by atoms with Crippen LogP contribution in [-0.2, 0) is 10.5 Å². The zero-order valence-corrected chi connectivity index (χ0v) is 19.1. The first-order valence-electron chi connectivity index (χ1n) is 10.7. The highest BCUT2D eigenvalue weighted by Gasteiger charge is 2.32. The number of nitrogens with one attached hydrogen (secondary N) is 1. The quantitative estimate of drug-likeness (QED) is 0.619. The molecule has 8 heteroatoms. The van der Waals surface area contributed by atoms with Crippen molar-refractivity contribution in [2.24, 2.45) is 10.1 Å². The van der Waals surface area contributed by atoms with Crippen molar-refractivity contribution in [2.75, 3.05) is 7.11 Å². The third kappa shape index (κ3) is 4.45. The number of rotatable bonds is 5. The Morgan fingerprint density at radius 3 is 2.65 bits per heavy atom. The molecule has 0 aromatic heterocycles. The number of hydrazone groups is 1. The molecular formula is C26H21FN4O2S. The Bertz CT molecular complexity index is 1420. The number of methoxy groups -OCH3 is 1. The Morgan fingerprint density at radius 2 is 1.85 bits per heavy atom. The van der Waals surface area contributed by atoms with Gasteiger partial charge in [0.05, 0.1) is 12.5 Å². The summed E-state index contributed by atoms with van der Waals surface area (Å²) in [6, 6.07) is 21.7. The summed E-state index contributed by atoms with van der Waals surface area (Å²) < 4.78 is 19.3. The predicted octanol–water partition coefficient (Wildman–Crippen LogP) is 3.25. The average molecular weight is 473 g/mol. The van der Waals surface area contributed by atoms with Gasteiger partial charge in [0.25, 0.3) is 5.91 Å². The molecule has 1 N–H and O–H groups in total. The van der Waals surface area contributed by atoms with Gasteiger partial charge in [-0.3, -0.25) is 15.1 Å². The van der Waals surface area contributed by atoms with E-state index in [9.17, 15) is 9.18 Å². The van der Waals surface area contributed by atoms with Crippen molar-refractivity contribution < 1.29 is 13.9 Å². The van der Waals surface area contributed by atoms with Crippen molar-refractivity contribution in [1.29, 1.82) is 0 Å².